The van der Waals surface area contributed by atoms with Gasteiger partial charge in [0.15, 0.2) is 5.11 Å². The van der Waals surface area contributed by atoms with Crippen molar-refractivity contribution in [3.05, 3.63) is 30.1 Å². The molecule has 0 atom stereocenters. The highest BCUT2D eigenvalue weighted by atomic mass is 32.1. The van der Waals surface area contributed by atoms with Crippen molar-refractivity contribution in [2.24, 2.45) is 10.8 Å². The van der Waals surface area contributed by atoms with Crippen LogP contribution in [0.25, 0.3) is 0 Å². The van der Waals surface area contributed by atoms with E-state index < -0.39 is 0 Å². The minimum Gasteiger partial charge on any atom is -0.374 e. The molecule has 17 heavy (non-hydrogen) atoms. The molecule has 0 aliphatic carbocycles. The Balaban J connectivity index is 3.10. The molecule has 0 aliphatic heterocycles. The molecule has 0 radical (unpaired) electrons. The number of hydrogen-bond acceptors (Lipinski definition) is 2. The Labute approximate surface area is 106 Å². The third-order valence-electron chi connectivity index (χ3n) is 2.32. The summed E-state index contributed by atoms with van der Waals surface area (Å²) < 4.78 is 13.1. The van der Waals surface area contributed by atoms with Crippen molar-refractivity contribution >= 4 is 28.7 Å². The largest absolute Gasteiger partial charge is 0.374 e. The van der Waals surface area contributed by atoms with E-state index in [0.717, 1.165) is 18.6 Å². The topological polar surface area (TPSA) is 41.6 Å². The molecule has 1 aromatic rings. The molecule has 0 aliphatic rings. The van der Waals surface area contributed by atoms with Crippen LogP contribution in [0.15, 0.2) is 29.4 Å². The molecule has 1 rings (SSSR count). The van der Waals surface area contributed by atoms with E-state index in [-0.39, 0.29) is 10.9 Å². The van der Waals surface area contributed by atoms with Crippen LogP contribution in [0.5, 0.6) is 0 Å². The average molecular weight is 253 g/mol. The lowest BCUT2D eigenvalue weighted by Crippen LogP contribution is -2.32. The highest BCUT2D eigenvalue weighted by molar-refractivity contribution is 7.80. The fraction of sp³-hybridized carbons (Fsp3) is 0.333. The normalized spacial score (nSPS) is 9.82. The molecule has 0 bridgehead atoms. The van der Waals surface area contributed by atoms with E-state index >= 15 is 0 Å². The Morgan fingerprint density at radius 3 is 2.53 bits per heavy atom. The Morgan fingerprint density at radius 1 is 1.41 bits per heavy atom. The monoisotopic (exact) mass is 253 g/mol. The fourth-order valence-electron chi connectivity index (χ4n) is 1.37. The van der Waals surface area contributed by atoms with E-state index in [4.69, 9.17) is 18.0 Å². The third-order valence-corrected chi connectivity index (χ3v) is 2.49. The quantitative estimate of drug-likeness (QED) is 0.509. The highest BCUT2D eigenvalue weighted by Gasteiger charge is 2.09. The molecular weight excluding hydrogens is 237 g/mol. The number of rotatable bonds is 4. The molecule has 3 nitrogen and oxygen atoms in total. The van der Waals surface area contributed by atoms with Gasteiger partial charge >= 0.3 is 0 Å². The number of anilines is 1. The van der Waals surface area contributed by atoms with Crippen LogP contribution in [0.2, 0.25) is 0 Å². The van der Waals surface area contributed by atoms with Crippen LogP contribution in [0.3, 0.4) is 0 Å². The van der Waals surface area contributed by atoms with E-state index in [0.29, 0.717) is 5.69 Å². The number of benzene rings is 1. The van der Waals surface area contributed by atoms with Crippen molar-refractivity contribution < 1.29 is 4.39 Å². The SMILES string of the molecule is CCC(CC)=NN(C(N)=S)c1cccc(F)c1. The van der Waals surface area contributed by atoms with Gasteiger partial charge in [-0.3, -0.25) is 0 Å². The molecule has 0 saturated heterocycles. The molecule has 0 aromatic heterocycles. The number of hydrazone groups is 1. The molecular formula is C12H16FN3S. The molecule has 0 saturated carbocycles. The average Bonchev–Trinajstić information content (AvgIpc) is 2.30. The molecule has 2 N–H and O–H groups in total. The van der Waals surface area contributed by atoms with E-state index in [9.17, 15) is 4.39 Å². The first-order chi connectivity index (χ1) is 8.08. The first kappa shape index (κ1) is 13.6. The standard InChI is InChI=1S/C12H16FN3S/c1-3-10(4-2)15-16(12(14)17)11-7-5-6-9(13)8-11/h5-8H,3-4H2,1-2H3,(H2,14,17). The summed E-state index contributed by atoms with van der Waals surface area (Å²) in [6.07, 6.45) is 1.62. The van der Waals surface area contributed by atoms with E-state index in [1.165, 1.54) is 17.1 Å². The van der Waals surface area contributed by atoms with Crippen molar-refractivity contribution in [3.8, 4) is 0 Å². The number of hydrogen-bond donors (Lipinski definition) is 1. The highest BCUT2D eigenvalue weighted by Crippen LogP contribution is 2.16. The Morgan fingerprint density at radius 2 is 2.06 bits per heavy atom. The summed E-state index contributed by atoms with van der Waals surface area (Å²) >= 11 is 4.93. The van der Waals surface area contributed by atoms with Crippen molar-refractivity contribution in [1.82, 2.24) is 0 Å². The second kappa shape index (κ2) is 6.30. The van der Waals surface area contributed by atoms with E-state index in [2.05, 4.69) is 5.10 Å². The van der Waals surface area contributed by atoms with Gasteiger partial charge in [-0.2, -0.15) is 5.10 Å². The second-order valence-corrected chi connectivity index (χ2v) is 3.92. The fourth-order valence-corrected chi connectivity index (χ4v) is 1.52. The Bertz CT molecular complexity index is 426. The van der Waals surface area contributed by atoms with Crippen LogP contribution in [-0.4, -0.2) is 10.8 Å². The zero-order chi connectivity index (χ0) is 12.8. The van der Waals surface area contributed by atoms with Crippen molar-refractivity contribution in [1.29, 1.82) is 0 Å². The first-order valence-corrected chi connectivity index (χ1v) is 5.90. The molecule has 1 aromatic carbocycles. The lowest BCUT2D eigenvalue weighted by Gasteiger charge is -2.18. The zero-order valence-electron chi connectivity index (χ0n) is 9.98. The summed E-state index contributed by atoms with van der Waals surface area (Å²) in [4.78, 5) is 0. The summed E-state index contributed by atoms with van der Waals surface area (Å²) in [5.74, 6) is -0.339. The van der Waals surface area contributed by atoms with Crippen LogP contribution in [0.4, 0.5) is 10.1 Å². The number of nitrogens with zero attached hydrogens (tertiary/aromatic N) is 2. The van der Waals surface area contributed by atoms with Gasteiger partial charge < -0.3 is 5.73 Å². The van der Waals surface area contributed by atoms with Gasteiger partial charge in [0, 0.05) is 5.71 Å². The number of halogens is 1. The minimum atomic E-state index is -0.339. The van der Waals surface area contributed by atoms with Crippen molar-refractivity contribution in [2.45, 2.75) is 26.7 Å². The maximum Gasteiger partial charge on any atom is 0.191 e. The molecule has 5 heteroatoms. The van der Waals surface area contributed by atoms with Gasteiger partial charge in [0.2, 0.25) is 0 Å². The molecule has 0 heterocycles. The Hall–Kier alpha value is -1.49. The zero-order valence-corrected chi connectivity index (χ0v) is 10.8. The van der Waals surface area contributed by atoms with Gasteiger partial charge in [-0.15, -0.1) is 0 Å². The van der Waals surface area contributed by atoms with Gasteiger partial charge in [0.05, 0.1) is 5.69 Å². The molecule has 0 spiro atoms. The molecule has 92 valence electrons. The summed E-state index contributed by atoms with van der Waals surface area (Å²) in [6, 6.07) is 6.04. The van der Waals surface area contributed by atoms with Crippen LogP contribution >= 0.6 is 12.2 Å². The lowest BCUT2D eigenvalue weighted by molar-refractivity contribution is 0.628. The van der Waals surface area contributed by atoms with Gasteiger partial charge in [-0.1, -0.05) is 19.9 Å². The molecule has 0 amide bonds. The Kier molecular flexibility index (Phi) is 5.03. The van der Waals surface area contributed by atoms with Gasteiger partial charge in [-0.05, 0) is 43.3 Å². The smallest absolute Gasteiger partial charge is 0.191 e. The van der Waals surface area contributed by atoms with Gasteiger partial charge in [-0.25, -0.2) is 9.40 Å². The van der Waals surface area contributed by atoms with Crippen molar-refractivity contribution in [3.63, 3.8) is 0 Å². The molecule has 0 unspecified atom stereocenters. The third kappa shape index (κ3) is 3.78. The predicted octanol–water partition coefficient (Wildman–Crippen LogP) is 3.05. The van der Waals surface area contributed by atoms with Crippen LogP contribution < -0.4 is 10.7 Å². The van der Waals surface area contributed by atoms with Crippen LogP contribution in [0.1, 0.15) is 26.7 Å². The maximum absolute atomic E-state index is 13.1. The van der Waals surface area contributed by atoms with Gasteiger partial charge in [0.25, 0.3) is 0 Å². The van der Waals surface area contributed by atoms with Gasteiger partial charge in [0.1, 0.15) is 5.82 Å². The summed E-state index contributed by atoms with van der Waals surface area (Å²) in [5.41, 5.74) is 7.10. The number of nitrogens with two attached hydrogens (primary N) is 1. The number of thiocarbonyl (C=S) groups is 1. The van der Waals surface area contributed by atoms with E-state index in [1.54, 1.807) is 12.1 Å². The lowest BCUT2D eigenvalue weighted by atomic mass is 10.2. The van der Waals surface area contributed by atoms with Crippen LogP contribution in [0, 0.1) is 5.82 Å². The summed E-state index contributed by atoms with van der Waals surface area (Å²) in [5, 5.41) is 5.84. The molecule has 0 fully saturated rings. The minimum absolute atomic E-state index is 0.106. The van der Waals surface area contributed by atoms with Crippen molar-refractivity contribution in [2.75, 3.05) is 5.01 Å². The summed E-state index contributed by atoms with van der Waals surface area (Å²) in [7, 11) is 0. The van der Waals surface area contributed by atoms with E-state index in [1.807, 2.05) is 13.8 Å². The predicted molar refractivity (Wildman–Crippen MR) is 73.7 cm³/mol. The first-order valence-electron chi connectivity index (χ1n) is 5.50. The summed E-state index contributed by atoms with van der Waals surface area (Å²) in [6.45, 7) is 4.01. The maximum atomic E-state index is 13.1. The van der Waals surface area contributed by atoms with Crippen LogP contribution in [-0.2, 0) is 0 Å². The second-order valence-electron chi connectivity index (χ2n) is 3.50.